The Morgan fingerprint density at radius 3 is 2.77 bits per heavy atom. The number of nitrogens with one attached hydrogen (secondary N) is 1. The molecule has 0 atom stereocenters. The molecule has 0 bridgehead atoms. The highest BCUT2D eigenvalue weighted by atomic mass is 35.5. The van der Waals surface area contributed by atoms with Crippen molar-refractivity contribution in [3.8, 4) is 0 Å². The molecule has 0 saturated carbocycles. The van der Waals surface area contributed by atoms with E-state index in [0.29, 0.717) is 5.92 Å². The molecule has 0 radical (unpaired) electrons. The fraction of sp³-hybridized carbons (Fsp3) is 0.300. The molecule has 0 amide bonds. The van der Waals surface area contributed by atoms with Gasteiger partial charge in [0.05, 0.1) is 33.3 Å². The van der Waals surface area contributed by atoms with Gasteiger partial charge in [-0.25, -0.2) is 9.97 Å². The maximum atomic E-state index is 6.06. The Balaban J connectivity index is 1.26. The van der Waals surface area contributed by atoms with E-state index in [2.05, 4.69) is 30.5 Å². The summed E-state index contributed by atoms with van der Waals surface area (Å²) in [7, 11) is 0. The van der Waals surface area contributed by atoms with Crippen molar-refractivity contribution < 1.29 is 4.90 Å². The lowest BCUT2D eigenvalue weighted by Gasteiger charge is -2.27. The maximum absolute atomic E-state index is 6.06. The first-order valence-electron chi connectivity index (χ1n) is 9.07. The average molecular weight is 384 g/mol. The highest BCUT2D eigenvalue weighted by Gasteiger charge is 2.26. The molecule has 1 fully saturated rings. The van der Waals surface area contributed by atoms with E-state index in [4.69, 9.17) is 21.6 Å². The second-order valence-corrected chi connectivity index (χ2v) is 8.56. The number of hydrogen-bond acceptors (Lipinski definition) is 3. The largest absolute Gasteiger partial charge is 0.330 e. The first-order chi connectivity index (χ1) is 12.7. The topological polar surface area (TPSA) is 34.6 Å². The molecule has 5 rings (SSSR count). The molecule has 4 heterocycles. The van der Waals surface area contributed by atoms with Crippen molar-refractivity contribution in [2.24, 2.45) is 0 Å². The van der Waals surface area contributed by atoms with E-state index in [-0.39, 0.29) is 0 Å². The summed E-state index contributed by atoms with van der Waals surface area (Å²) < 4.78 is 3.32. The van der Waals surface area contributed by atoms with Gasteiger partial charge in [0.1, 0.15) is 17.9 Å². The molecular weight excluding hydrogens is 364 g/mol. The quantitative estimate of drug-likeness (QED) is 0.587. The molecule has 4 nitrogen and oxygen atoms in total. The standard InChI is InChI=1S/C20H19ClN4S/c21-15-5-6-19-22-16(13-25(19)11-15)12-24-9-7-14(8-10-24)20-23-17-3-1-2-4-18(17)26-20/h1-6,11,13-14H,7-10,12H2/p+1. The second-order valence-electron chi connectivity index (χ2n) is 7.07. The summed E-state index contributed by atoms with van der Waals surface area (Å²) in [6.07, 6.45) is 6.43. The summed E-state index contributed by atoms with van der Waals surface area (Å²) in [5.74, 6) is 0.607. The summed E-state index contributed by atoms with van der Waals surface area (Å²) in [4.78, 5) is 11.2. The monoisotopic (exact) mass is 383 g/mol. The van der Waals surface area contributed by atoms with E-state index in [9.17, 15) is 0 Å². The van der Waals surface area contributed by atoms with Crippen LogP contribution in [0.15, 0.2) is 48.8 Å². The van der Waals surface area contributed by atoms with Crippen molar-refractivity contribution in [2.75, 3.05) is 13.1 Å². The molecule has 1 saturated heterocycles. The molecule has 0 aliphatic carbocycles. The van der Waals surface area contributed by atoms with E-state index in [1.165, 1.54) is 35.6 Å². The smallest absolute Gasteiger partial charge is 0.137 e. The molecule has 4 aromatic rings. The number of imidazole rings is 1. The first-order valence-corrected chi connectivity index (χ1v) is 10.3. The third kappa shape index (κ3) is 3.11. The number of halogens is 1. The number of benzene rings is 1. The predicted octanol–water partition coefficient (Wildman–Crippen LogP) is 3.56. The van der Waals surface area contributed by atoms with Crippen LogP contribution in [0.2, 0.25) is 5.02 Å². The van der Waals surface area contributed by atoms with Crippen LogP contribution in [0.5, 0.6) is 0 Å². The van der Waals surface area contributed by atoms with Crippen LogP contribution in [0, 0.1) is 0 Å². The van der Waals surface area contributed by atoms with Crippen molar-refractivity contribution in [2.45, 2.75) is 25.3 Å². The molecule has 6 heteroatoms. The minimum absolute atomic E-state index is 0.607. The van der Waals surface area contributed by atoms with Gasteiger partial charge < -0.3 is 9.30 Å². The number of nitrogens with zero attached hydrogens (tertiary/aromatic N) is 3. The lowest BCUT2D eigenvalue weighted by Crippen LogP contribution is -3.11. The van der Waals surface area contributed by atoms with Gasteiger partial charge >= 0.3 is 0 Å². The van der Waals surface area contributed by atoms with E-state index in [1.807, 2.05) is 34.1 Å². The molecule has 1 aliphatic rings. The van der Waals surface area contributed by atoms with Gasteiger partial charge in [0.15, 0.2) is 0 Å². The van der Waals surface area contributed by atoms with Crippen LogP contribution in [0.1, 0.15) is 29.5 Å². The number of thiazole rings is 1. The van der Waals surface area contributed by atoms with E-state index in [0.717, 1.165) is 28.4 Å². The van der Waals surface area contributed by atoms with Crippen LogP contribution in [0.25, 0.3) is 15.9 Å². The normalized spacial score (nSPS) is 20.8. The van der Waals surface area contributed by atoms with Crippen LogP contribution < -0.4 is 4.90 Å². The summed E-state index contributed by atoms with van der Waals surface area (Å²) >= 11 is 7.93. The molecule has 132 valence electrons. The van der Waals surface area contributed by atoms with Gasteiger partial charge in [-0.05, 0) is 24.3 Å². The number of quaternary nitrogens is 1. The molecule has 26 heavy (non-hydrogen) atoms. The minimum atomic E-state index is 0.607. The molecular formula is C20H20ClN4S+. The number of para-hydroxylation sites is 1. The highest BCUT2D eigenvalue weighted by molar-refractivity contribution is 7.18. The fourth-order valence-corrected chi connectivity index (χ4v) is 5.18. The zero-order valence-electron chi connectivity index (χ0n) is 14.4. The van der Waals surface area contributed by atoms with Crippen LogP contribution in [-0.2, 0) is 6.54 Å². The number of aromatic nitrogens is 3. The van der Waals surface area contributed by atoms with Crippen LogP contribution in [0.4, 0.5) is 0 Å². The number of hydrogen-bond donors (Lipinski definition) is 1. The third-order valence-electron chi connectivity index (χ3n) is 5.25. The van der Waals surface area contributed by atoms with Crippen LogP contribution in [0.3, 0.4) is 0 Å². The summed E-state index contributed by atoms with van der Waals surface area (Å²) in [6.45, 7) is 3.33. The number of pyridine rings is 1. The molecule has 1 aromatic carbocycles. The second kappa shape index (κ2) is 6.65. The Morgan fingerprint density at radius 1 is 1.08 bits per heavy atom. The Hall–Kier alpha value is -1.95. The molecule has 0 unspecified atom stereocenters. The van der Waals surface area contributed by atoms with Gasteiger partial charge in [-0.2, -0.15) is 0 Å². The van der Waals surface area contributed by atoms with E-state index < -0.39 is 0 Å². The lowest BCUT2D eigenvalue weighted by molar-refractivity contribution is -0.919. The Labute approximate surface area is 161 Å². The van der Waals surface area contributed by atoms with E-state index in [1.54, 1.807) is 4.90 Å². The van der Waals surface area contributed by atoms with Crippen molar-refractivity contribution in [3.63, 3.8) is 0 Å². The number of likely N-dealkylation sites (tertiary alicyclic amines) is 1. The molecule has 1 N–H and O–H groups in total. The average Bonchev–Trinajstić information content (AvgIpc) is 3.25. The number of piperidine rings is 1. The SMILES string of the molecule is Clc1ccc2nc(C[NH+]3CCC(c4nc5ccccc5s4)CC3)cn2c1. The maximum Gasteiger partial charge on any atom is 0.137 e. The van der Waals surface area contributed by atoms with E-state index >= 15 is 0 Å². The Morgan fingerprint density at radius 2 is 1.92 bits per heavy atom. The van der Waals surface area contributed by atoms with Gasteiger partial charge in [0.2, 0.25) is 0 Å². The van der Waals surface area contributed by atoms with Crippen molar-refractivity contribution in [1.82, 2.24) is 14.4 Å². The van der Waals surface area contributed by atoms with Gasteiger partial charge in [-0.1, -0.05) is 23.7 Å². The fourth-order valence-electron chi connectivity index (χ4n) is 3.87. The number of rotatable bonds is 3. The summed E-state index contributed by atoms with van der Waals surface area (Å²) in [5.41, 5.74) is 3.25. The predicted molar refractivity (Wildman–Crippen MR) is 106 cm³/mol. The van der Waals surface area contributed by atoms with Gasteiger partial charge in [-0.15, -0.1) is 11.3 Å². The molecule has 0 spiro atoms. The third-order valence-corrected chi connectivity index (χ3v) is 6.67. The van der Waals surface area contributed by atoms with Gasteiger partial charge in [-0.3, -0.25) is 0 Å². The lowest BCUT2D eigenvalue weighted by atomic mass is 9.97. The minimum Gasteiger partial charge on any atom is -0.330 e. The van der Waals surface area contributed by atoms with Gasteiger partial charge in [0, 0.05) is 31.2 Å². The highest BCUT2D eigenvalue weighted by Crippen LogP contribution is 2.31. The Bertz CT molecular complexity index is 1030. The summed E-state index contributed by atoms with van der Waals surface area (Å²) in [6, 6.07) is 12.3. The number of fused-ring (bicyclic) bond motifs is 2. The molecule has 1 aliphatic heterocycles. The van der Waals surface area contributed by atoms with Crippen LogP contribution in [-0.4, -0.2) is 27.5 Å². The molecule has 3 aromatic heterocycles. The zero-order chi connectivity index (χ0) is 17.5. The van der Waals surface area contributed by atoms with Crippen molar-refractivity contribution >= 4 is 38.8 Å². The first kappa shape index (κ1) is 16.2. The Kier molecular flexibility index (Phi) is 4.15. The van der Waals surface area contributed by atoms with Gasteiger partial charge in [0.25, 0.3) is 0 Å². The van der Waals surface area contributed by atoms with Crippen molar-refractivity contribution in [3.05, 3.63) is 64.5 Å². The van der Waals surface area contributed by atoms with Crippen molar-refractivity contribution in [1.29, 1.82) is 0 Å². The van der Waals surface area contributed by atoms with Crippen LogP contribution >= 0.6 is 22.9 Å². The zero-order valence-corrected chi connectivity index (χ0v) is 15.9. The summed E-state index contributed by atoms with van der Waals surface area (Å²) in [5, 5.41) is 2.05.